The van der Waals surface area contributed by atoms with Gasteiger partial charge in [0, 0.05) is 45.3 Å². The Balaban J connectivity index is 1.50. The van der Waals surface area contributed by atoms with E-state index in [9.17, 15) is 4.79 Å². The molecule has 0 radical (unpaired) electrons. The van der Waals surface area contributed by atoms with Gasteiger partial charge in [-0.1, -0.05) is 0 Å². The summed E-state index contributed by atoms with van der Waals surface area (Å²) < 4.78 is 0. The average Bonchev–Trinajstić information content (AvgIpc) is 3.07. The molecule has 2 aliphatic rings. The molecule has 128 valence electrons. The van der Waals surface area contributed by atoms with E-state index in [1.165, 1.54) is 17.5 Å². The van der Waals surface area contributed by atoms with Gasteiger partial charge < -0.3 is 14.7 Å². The number of carbonyl (C=O) groups is 1. The van der Waals surface area contributed by atoms with Crippen LogP contribution in [0.15, 0.2) is 6.33 Å². The average molecular weight is 321 g/mol. The van der Waals surface area contributed by atoms with Crippen LogP contribution in [0.4, 0.5) is 0 Å². The van der Waals surface area contributed by atoms with Gasteiger partial charge in [0.05, 0.1) is 0 Å². The predicted molar refractivity (Wildman–Crippen MR) is 85.7 cm³/mol. The first-order chi connectivity index (χ1) is 11.2. The van der Waals surface area contributed by atoms with Crippen LogP contribution in [0.1, 0.15) is 25.7 Å². The van der Waals surface area contributed by atoms with Crippen molar-refractivity contribution in [3.63, 3.8) is 0 Å². The molecule has 0 bridgehead atoms. The maximum absolute atomic E-state index is 12.5. The van der Waals surface area contributed by atoms with Crippen LogP contribution >= 0.6 is 0 Å². The van der Waals surface area contributed by atoms with Gasteiger partial charge in [-0.25, -0.2) is 0 Å². The van der Waals surface area contributed by atoms with Gasteiger partial charge in [-0.15, -0.1) is 10.2 Å². The lowest BCUT2D eigenvalue weighted by atomic mass is 9.98. The monoisotopic (exact) mass is 321 g/mol. The number of hydrogen-bond acceptors (Lipinski definition) is 6. The zero-order valence-electron chi connectivity index (χ0n) is 14.0. The molecule has 1 amide bonds. The van der Waals surface area contributed by atoms with Crippen molar-refractivity contribution in [3.05, 3.63) is 6.33 Å². The number of likely N-dealkylation sites (tertiary alicyclic amines) is 1. The molecule has 0 N–H and O–H groups in total. The highest BCUT2D eigenvalue weighted by Gasteiger charge is 2.27. The van der Waals surface area contributed by atoms with Crippen molar-refractivity contribution >= 4 is 5.91 Å². The summed E-state index contributed by atoms with van der Waals surface area (Å²) in [5, 5.41) is 11.4. The molecule has 2 fully saturated rings. The number of amides is 1. The largest absolute Gasteiger partial charge is 0.338 e. The lowest BCUT2D eigenvalue weighted by Crippen LogP contribution is -2.49. The molecular formula is C15H27N7O. The van der Waals surface area contributed by atoms with E-state index in [2.05, 4.69) is 32.3 Å². The van der Waals surface area contributed by atoms with Crippen LogP contribution < -0.4 is 0 Å². The van der Waals surface area contributed by atoms with Crippen LogP contribution in [0.25, 0.3) is 0 Å². The first kappa shape index (κ1) is 16.3. The summed E-state index contributed by atoms with van der Waals surface area (Å²) in [7, 11) is 2.18. The molecule has 2 aliphatic heterocycles. The lowest BCUT2D eigenvalue weighted by molar-refractivity contribution is -0.136. The van der Waals surface area contributed by atoms with Gasteiger partial charge in [0.25, 0.3) is 0 Å². The second-order valence-corrected chi connectivity index (χ2v) is 6.64. The van der Waals surface area contributed by atoms with Crippen LogP contribution in [-0.4, -0.2) is 93.2 Å². The van der Waals surface area contributed by atoms with Crippen molar-refractivity contribution in [1.29, 1.82) is 0 Å². The minimum Gasteiger partial charge on any atom is -0.338 e. The summed E-state index contributed by atoms with van der Waals surface area (Å²) in [6.45, 7) is 6.71. The van der Waals surface area contributed by atoms with Crippen LogP contribution in [-0.2, 0) is 11.3 Å². The minimum absolute atomic E-state index is 0.117. The summed E-state index contributed by atoms with van der Waals surface area (Å²) in [4.78, 5) is 20.9. The molecule has 8 nitrogen and oxygen atoms in total. The molecule has 0 saturated carbocycles. The Hall–Kier alpha value is -1.54. The Morgan fingerprint density at radius 3 is 2.74 bits per heavy atom. The number of carbonyl (C=O) groups excluding carboxylic acids is 1. The normalized spacial score (nSPS) is 24.0. The summed E-state index contributed by atoms with van der Waals surface area (Å²) in [5.41, 5.74) is 0. The van der Waals surface area contributed by atoms with E-state index in [0.717, 1.165) is 58.5 Å². The molecule has 8 heteroatoms. The number of piperidine rings is 1. The third kappa shape index (κ3) is 4.48. The van der Waals surface area contributed by atoms with E-state index in [0.29, 0.717) is 6.04 Å². The molecular weight excluding hydrogens is 294 g/mol. The molecule has 0 aliphatic carbocycles. The first-order valence-corrected chi connectivity index (χ1v) is 8.63. The SMILES string of the molecule is CN1CCN(CC[C@@H]2CCCCN2C(=O)Cn2ncnn2)CC1. The van der Waals surface area contributed by atoms with E-state index in [4.69, 9.17) is 0 Å². The van der Waals surface area contributed by atoms with E-state index in [1.54, 1.807) is 0 Å². The Labute approximate surface area is 137 Å². The van der Waals surface area contributed by atoms with Gasteiger partial charge >= 0.3 is 0 Å². The minimum atomic E-state index is 0.117. The Morgan fingerprint density at radius 2 is 2.00 bits per heavy atom. The highest BCUT2D eigenvalue weighted by Crippen LogP contribution is 2.20. The zero-order valence-corrected chi connectivity index (χ0v) is 14.0. The first-order valence-electron chi connectivity index (χ1n) is 8.63. The van der Waals surface area contributed by atoms with Crippen LogP contribution in [0.5, 0.6) is 0 Å². The number of piperazine rings is 1. The number of rotatable bonds is 5. The van der Waals surface area contributed by atoms with Gasteiger partial charge in [-0.3, -0.25) is 4.79 Å². The highest BCUT2D eigenvalue weighted by molar-refractivity contribution is 5.76. The van der Waals surface area contributed by atoms with Crippen molar-refractivity contribution in [2.75, 3.05) is 46.3 Å². The fourth-order valence-corrected chi connectivity index (χ4v) is 3.50. The van der Waals surface area contributed by atoms with Gasteiger partial charge in [-0.2, -0.15) is 4.80 Å². The molecule has 2 saturated heterocycles. The molecule has 23 heavy (non-hydrogen) atoms. The maximum Gasteiger partial charge on any atom is 0.246 e. The van der Waals surface area contributed by atoms with E-state index in [-0.39, 0.29) is 12.5 Å². The molecule has 1 atom stereocenters. The highest BCUT2D eigenvalue weighted by atomic mass is 16.2. The van der Waals surface area contributed by atoms with Gasteiger partial charge in [0.2, 0.25) is 5.91 Å². The molecule has 0 spiro atoms. The smallest absolute Gasteiger partial charge is 0.246 e. The maximum atomic E-state index is 12.5. The number of hydrogen-bond donors (Lipinski definition) is 0. The predicted octanol–water partition coefficient (Wildman–Crippen LogP) is -0.308. The molecule has 0 unspecified atom stereocenters. The molecule has 3 rings (SSSR count). The molecule has 1 aromatic rings. The Kier molecular flexibility index (Phi) is 5.56. The van der Waals surface area contributed by atoms with Crippen molar-refractivity contribution < 1.29 is 4.79 Å². The van der Waals surface area contributed by atoms with Crippen molar-refractivity contribution in [3.8, 4) is 0 Å². The third-order valence-electron chi connectivity index (χ3n) is 4.99. The zero-order chi connectivity index (χ0) is 16.1. The van der Waals surface area contributed by atoms with Crippen LogP contribution in [0.3, 0.4) is 0 Å². The van der Waals surface area contributed by atoms with Crippen molar-refractivity contribution in [2.45, 2.75) is 38.3 Å². The number of tetrazole rings is 1. The number of aromatic nitrogens is 4. The van der Waals surface area contributed by atoms with E-state index < -0.39 is 0 Å². The van der Waals surface area contributed by atoms with E-state index in [1.807, 2.05) is 4.90 Å². The topological polar surface area (TPSA) is 70.4 Å². The Morgan fingerprint density at radius 1 is 1.17 bits per heavy atom. The van der Waals surface area contributed by atoms with Crippen LogP contribution in [0.2, 0.25) is 0 Å². The summed E-state index contributed by atoms with van der Waals surface area (Å²) in [5.74, 6) is 0.117. The molecule has 1 aromatic heterocycles. The van der Waals surface area contributed by atoms with Crippen molar-refractivity contribution in [1.82, 2.24) is 34.9 Å². The third-order valence-corrected chi connectivity index (χ3v) is 4.99. The summed E-state index contributed by atoms with van der Waals surface area (Å²) >= 11 is 0. The number of nitrogens with zero attached hydrogens (tertiary/aromatic N) is 7. The van der Waals surface area contributed by atoms with Gasteiger partial charge in [0.15, 0.2) is 6.33 Å². The second-order valence-electron chi connectivity index (χ2n) is 6.64. The fourth-order valence-electron chi connectivity index (χ4n) is 3.50. The lowest BCUT2D eigenvalue weighted by Gasteiger charge is -2.38. The van der Waals surface area contributed by atoms with Crippen LogP contribution in [0, 0.1) is 0 Å². The number of likely N-dealkylation sites (N-methyl/N-ethyl adjacent to an activating group) is 1. The second kappa shape index (κ2) is 7.83. The summed E-state index contributed by atoms with van der Waals surface area (Å²) in [6, 6.07) is 0.361. The molecule has 3 heterocycles. The fraction of sp³-hybridized carbons (Fsp3) is 0.867. The quantitative estimate of drug-likeness (QED) is 0.741. The molecule has 0 aromatic carbocycles. The summed E-state index contributed by atoms with van der Waals surface area (Å²) in [6.07, 6.45) is 5.87. The standard InChI is InChI=1S/C15H27N7O/c1-19-8-10-20(11-9-19)7-5-14-4-2-3-6-21(14)15(23)12-22-17-13-16-18-22/h13-14H,2-12H2,1H3/t14-/m0/s1. The van der Waals surface area contributed by atoms with E-state index >= 15 is 0 Å². The Bertz CT molecular complexity index is 484. The van der Waals surface area contributed by atoms with Gasteiger partial charge in [-0.05, 0) is 37.9 Å². The van der Waals surface area contributed by atoms with Gasteiger partial charge in [0.1, 0.15) is 6.54 Å². The van der Waals surface area contributed by atoms with Crippen molar-refractivity contribution in [2.24, 2.45) is 0 Å².